The summed E-state index contributed by atoms with van der Waals surface area (Å²) in [7, 11) is 0. The number of hydrogen-bond donors (Lipinski definition) is 1. The number of nitrogens with zero attached hydrogens (tertiary/aromatic N) is 2. The number of rotatable bonds is 8. The first kappa shape index (κ1) is 19.2. The summed E-state index contributed by atoms with van der Waals surface area (Å²) in [6.07, 6.45) is 3.30. The van der Waals surface area contributed by atoms with E-state index in [0.29, 0.717) is 24.3 Å². The lowest BCUT2D eigenvalue weighted by molar-refractivity contribution is 0.139. The van der Waals surface area contributed by atoms with Crippen molar-refractivity contribution in [2.45, 2.75) is 19.3 Å². The van der Waals surface area contributed by atoms with Crippen LogP contribution in [0.4, 0.5) is 0 Å². The fourth-order valence-electron chi connectivity index (χ4n) is 3.57. The SMILES string of the molecule is OCCC1CCN(CCOc2ccc(Oc3nc4ccccc4s3)cc2)CC1. The van der Waals surface area contributed by atoms with Crippen LogP contribution in [-0.2, 0) is 0 Å². The van der Waals surface area contributed by atoms with Gasteiger partial charge in [0.05, 0.1) is 10.2 Å². The molecule has 0 radical (unpaired) electrons. The first-order valence-corrected chi connectivity index (χ1v) is 10.7. The van der Waals surface area contributed by atoms with Crippen LogP contribution in [0.1, 0.15) is 19.3 Å². The summed E-state index contributed by atoms with van der Waals surface area (Å²) < 4.78 is 12.9. The summed E-state index contributed by atoms with van der Waals surface area (Å²) >= 11 is 1.55. The van der Waals surface area contributed by atoms with Gasteiger partial charge in [0.2, 0.25) is 0 Å². The molecule has 148 valence electrons. The molecule has 1 N–H and O–H groups in total. The van der Waals surface area contributed by atoms with Crippen LogP contribution in [0.5, 0.6) is 16.7 Å². The zero-order chi connectivity index (χ0) is 19.2. The lowest BCUT2D eigenvalue weighted by atomic mass is 9.94. The van der Waals surface area contributed by atoms with E-state index >= 15 is 0 Å². The molecule has 0 aliphatic carbocycles. The Bertz CT molecular complexity index is 840. The molecule has 28 heavy (non-hydrogen) atoms. The molecule has 4 rings (SSSR count). The van der Waals surface area contributed by atoms with E-state index < -0.39 is 0 Å². The summed E-state index contributed by atoms with van der Waals surface area (Å²) in [5.74, 6) is 2.30. The van der Waals surface area contributed by atoms with Gasteiger partial charge in [-0.05, 0) is 74.7 Å². The van der Waals surface area contributed by atoms with Crippen molar-refractivity contribution < 1.29 is 14.6 Å². The van der Waals surface area contributed by atoms with Crippen LogP contribution in [0.2, 0.25) is 0 Å². The number of aliphatic hydroxyl groups is 1. The highest BCUT2D eigenvalue weighted by atomic mass is 32.1. The van der Waals surface area contributed by atoms with E-state index in [0.717, 1.165) is 47.8 Å². The molecule has 5 nitrogen and oxygen atoms in total. The van der Waals surface area contributed by atoms with E-state index in [-0.39, 0.29) is 0 Å². The van der Waals surface area contributed by atoms with E-state index in [2.05, 4.69) is 9.88 Å². The Hall–Kier alpha value is -2.15. The topological polar surface area (TPSA) is 54.8 Å². The van der Waals surface area contributed by atoms with Gasteiger partial charge in [-0.25, -0.2) is 4.98 Å². The standard InChI is InChI=1S/C22H26N2O3S/c25-15-11-17-9-12-24(13-10-17)14-16-26-18-5-7-19(8-6-18)27-22-23-20-3-1-2-4-21(20)28-22/h1-8,17,25H,9-16H2. The van der Waals surface area contributed by atoms with Gasteiger partial charge >= 0.3 is 0 Å². The van der Waals surface area contributed by atoms with Gasteiger partial charge in [0.25, 0.3) is 5.19 Å². The number of ether oxygens (including phenoxy) is 2. The van der Waals surface area contributed by atoms with E-state index in [1.165, 1.54) is 12.8 Å². The second-order valence-corrected chi connectivity index (χ2v) is 8.16. The summed E-state index contributed by atoms with van der Waals surface area (Å²) in [6, 6.07) is 15.7. The van der Waals surface area contributed by atoms with E-state index in [1.807, 2.05) is 48.5 Å². The average Bonchev–Trinajstić information content (AvgIpc) is 3.13. The van der Waals surface area contributed by atoms with Crippen molar-refractivity contribution in [3.05, 3.63) is 48.5 Å². The number of aromatic nitrogens is 1. The Morgan fingerprint density at radius 2 is 1.79 bits per heavy atom. The Labute approximate surface area is 169 Å². The molecule has 2 heterocycles. The van der Waals surface area contributed by atoms with Crippen LogP contribution in [-0.4, -0.2) is 47.8 Å². The highest BCUT2D eigenvalue weighted by Gasteiger charge is 2.18. The molecule has 1 aromatic heterocycles. The van der Waals surface area contributed by atoms with Crippen molar-refractivity contribution in [3.63, 3.8) is 0 Å². The number of fused-ring (bicyclic) bond motifs is 1. The molecule has 0 bridgehead atoms. The zero-order valence-electron chi connectivity index (χ0n) is 15.9. The van der Waals surface area contributed by atoms with Crippen LogP contribution >= 0.6 is 11.3 Å². The van der Waals surface area contributed by atoms with Crippen molar-refractivity contribution in [2.24, 2.45) is 5.92 Å². The Balaban J connectivity index is 1.22. The smallest absolute Gasteiger partial charge is 0.279 e. The fourth-order valence-corrected chi connectivity index (χ4v) is 4.41. The van der Waals surface area contributed by atoms with Gasteiger partial charge in [0, 0.05) is 13.2 Å². The molecule has 3 aromatic rings. The number of benzene rings is 2. The minimum atomic E-state index is 0.312. The van der Waals surface area contributed by atoms with Gasteiger partial charge in [-0.15, -0.1) is 0 Å². The highest BCUT2D eigenvalue weighted by molar-refractivity contribution is 7.20. The molecule has 2 aromatic carbocycles. The van der Waals surface area contributed by atoms with E-state index in [4.69, 9.17) is 14.6 Å². The van der Waals surface area contributed by atoms with Gasteiger partial charge in [0.1, 0.15) is 18.1 Å². The Kier molecular flexibility index (Phi) is 6.41. The molecule has 6 heteroatoms. The lowest BCUT2D eigenvalue weighted by Crippen LogP contribution is -2.36. The van der Waals surface area contributed by atoms with Crippen molar-refractivity contribution >= 4 is 21.6 Å². The number of thiazole rings is 1. The normalized spacial score (nSPS) is 15.8. The second kappa shape index (κ2) is 9.37. The van der Waals surface area contributed by atoms with Gasteiger partial charge in [-0.2, -0.15) is 0 Å². The van der Waals surface area contributed by atoms with Crippen LogP contribution in [0.3, 0.4) is 0 Å². The first-order valence-electron chi connectivity index (χ1n) is 9.89. The number of aliphatic hydroxyl groups excluding tert-OH is 1. The Morgan fingerprint density at radius 3 is 2.54 bits per heavy atom. The van der Waals surface area contributed by atoms with E-state index in [1.54, 1.807) is 11.3 Å². The van der Waals surface area contributed by atoms with Crippen LogP contribution in [0.15, 0.2) is 48.5 Å². The highest BCUT2D eigenvalue weighted by Crippen LogP contribution is 2.31. The summed E-state index contributed by atoms with van der Waals surface area (Å²) in [5, 5.41) is 9.69. The predicted molar refractivity (Wildman–Crippen MR) is 112 cm³/mol. The fraction of sp³-hybridized carbons (Fsp3) is 0.409. The van der Waals surface area contributed by atoms with E-state index in [9.17, 15) is 0 Å². The molecule has 0 atom stereocenters. The molecule has 1 aliphatic heterocycles. The van der Waals surface area contributed by atoms with Crippen molar-refractivity contribution in [1.82, 2.24) is 9.88 Å². The lowest BCUT2D eigenvalue weighted by Gasteiger charge is -2.31. The third-order valence-corrected chi connectivity index (χ3v) is 6.14. The molecule has 1 saturated heterocycles. The molecule has 0 amide bonds. The number of hydrogen-bond acceptors (Lipinski definition) is 6. The number of para-hydroxylation sites is 1. The molecule has 0 saturated carbocycles. The largest absolute Gasteiger partial charge is 0.492 e. The molecule has 0 spiro atoms. The van der Waals surface area contributed by atoms with Crippen molar-refractivity contribution in [2.75, 3.05) is 32.8 Å². The van der Waals surface area contributed by atoms with Gasteiger partial charge in [-0.3, -0.25) is 4.90 Å². The minimum Gasteiger partial charge on any atom is -0.492 e. The first-order chi connectivity index (χ1) is 13.8. The van der Waals surface area contributed by atoms with Crippen LogP contribution in [0, 0.1) is 5.92 Å². The minimum absolute atomic E-state index is 0.312. The third-order valence-electron chi connectivity index (χ3n) is 5.22. The summed E-state index contributed by atoms with van der Waals surface area (Å²) in [6.45, 7) is 4.14. The Morgan fingerprint density at radius 1 is 1.04 bits per heavy atom. The second-order valence-electron chi connectivity index (χ2n) is 7.17. The van der Waals surface area contributed by atoms with Crippen LogP contribution in [0.25, 0.3) is 10.2 Å². The van der Waals surface area contributed by atoms with Crippen molar-refractivity contribution in [3.8, 4) is 16.7 Å². The average molecular weight is 399 g/mol. The third kappa shape index (κ3) is 5.01. The van der Waals surface area contributed by atoms with Crippen molar-refractivity contribution in [1.29, 1.82) is 0 Å². The van der Waals surface area contributed by atoms with Gasteiger partial charge in [-0.1, -0.05) is 23.5 Å². The summed E-state index contributed by atoms with van der Waals surface area (Å²) in [4.78, 5) is 6.94. The quantitative estimate of drug-likeness (QED) is 0.603. The predicted octanol–water partition coefficient (Wildman–Crippen LogP) is 4.56. The number of piperidine rings is 1. The molecular weight excluding hydrogens is 372 g/mol. The molecule has 1 aliphatic rings. The maximum absolute atomic E-state index is 9.04. The molecule has 0 unspecified atom stereocenters. The zero-order valence-corrected chi connectivity index (χ0v) is 16.7. The van der Waals surface area contributed by atoms with Gasteiger partial charge < -0.3 is 14.6 Å². The maximum Gasteiger partial charge on any atom is 0.279 e. The summed E-state index contributed by atoms with van der Waals surface area (Å²) in [5.41, 5.74) is 0.961. The van der Waals surface area contributed by atoms with Gasteiger partial charge in [0.15, 0.2) is 0 Å². The van der Waals surface area contributed by atoms with Crippen LogP contribution < -0.4 is 9.47 Å². The molecular formula is C22H26N2O3S. The molecule has 1 fully saturated rings. The monoisotopic (exact) mass is 398 g/mol. The maximum atomic E-state index is 9.04. The number of likely N-dealkylation sites (tertiary alicyclic amines) is 1.